The number of hydrogen-bond donors (Lipinski definition) is 3. The lowest BCUT2D eigenvalue weighted by Gasteiger charge is -2.39. The van der Waals surface area contributed by atoms with Crippen molar-refractivity contribution in [2.75, 3.05) is 31.0 Å². The molecule has 4 atom stereocenters. The minimum absolute atomic E-state index is 0.362. The number of ether oxygens (including phenoxy) is 2. The molecule has 202 valence electrons. The normalized spacial score (nSPS) is 15.9. The number of rotatable bonds is 18. The first kappa shape index (κ1) is 32.2. The van der Waals surface area contributed by atoms with Crippen molar-refractivity contribution in [2.24, 2.45) is 0 Å². The van der Waals surface area contributed by atoms with Crippen molar-refractivity contribution in [2.45, 2.75) is 113 Å². The van der Waals surface area contributed by atoms with Gasteiger partial charge >= 0.3 is 0 Å². The van der Waals surface area contributed by atoms with Gasteiger partial charge in [0.05, 0.1) is 11.3 Å². The van der Waals surface area contributed by atoms with Crippen molar-refractivity contribution in [3.05, 3.63) is 11.8 Å². The first-order chi connectivity index (χ1) is 16.7. The zero-order valence-electron chi connectivity index (χ0n) is 22.6. The number of unbranched alkanes of at least 4 members (excludes halogenated alkanes) is 3. The van der Waals surface area contributed by atoms with Gasteiger partial charge in [0.15, 0.2) is 6.10 Å². The monoisotopic (exact) mass is 530 g/mol. The van der Waals surface area contributed by atoms with Gasteiger partial charge in [0.1, 0.15) is 17.2 Å². The van der Waals surface area contributed by atoms with Crippen LogP contribution in [0.15, 0.2) is 16.0 Å². The number of nitrogens with one attached hydrogen (secondary N) is 1. The molecule has 0 aliphatic rings. The van der Waals surface area contributed by atoms with Crippen molar-refractivity contribution < 1.29 is 24.5 Å². The maximum atomic E-state index is 13.4. The van der Waals surface area contributed by atoms with Gasteiger partial charge in [0.25, 0.3) is 5.91 Å². The Morgan fingerprint density at radius 3 is 2.23 bits per heavy atom. The number of carbonyl (C=O) groups excluding carboxylic acids is 1. The molecule has 0 aromatic carbocycles. The second-order valence-electron chi connectivity index (χ2n) is 9.08. The number of aliphatic hydroxyl groups is 2. The van der Waals surface area contributed by atoms with Crippen molar-refractivity contribution in [3.63, 3.8) is 0 Å². The van der Waals surface area contributed by atoms with Crippen LogP contribution in [0.5, 0.6) is 0 Å². The molecule has 1 aromatic rings. The Bertz CT molecular complexity index is 738. The summed E-state index contributed by atoms with van der Waals surface area (Å²) in [5.74, 6) is -0.599. The van der Waals surface area contributed by atoms with Crippen LogP contribution in [0.2, 0.25) is 0 Å². The van der Waals surface area contributed by atoms with Gasteiger partial charge in [0, 0.05) is 23.8 Å². The molecule has 0 aliphatic heterocycles. The van der Waals surface area contributed by atoms with Crippen LogP contribution in [-0.4, -0.2) is 70.7 Å². The minimum atomic E-state index is -1.53. The Morgan fingerprint density at radius 1 is 1.09 bits per heavy atom. The summed E-state index contributed by atoms with van der Waals surface area (Å²) in [6, 6.07) is 1.91. The lowest BCUT2D eigenvalue weighted by molar-refractivity contribution is -0.191. The third-order valence-electron chi connectivity index (χ3n) is 5.87. The number of aromatic nitrogens is 1. The van der Waals surface area contributed by atoms with E-state index in [2.05, 4.69) is 24.1 Å². The maximum absolute atomic E-state index is 13.4. The molecule has 9 heteroatoms. The molecule has 7 nitrogen and oxygen atoms in total. The number of anilines is 1. The average Bonchev–Trinajstić information content (AvgIpc) is 2.84. The van der Waals surface area contributed by atoms with E-state index in [0.29, 0.717) is 30.3 Å². The van der Waals surface area contributed by atoms with Crippen molar-refractivity contribution in [3.8, 4) is 0 Å². The van der Waals surface area contributed by atoms with Gasteiger partial charge in [-0.1, -0.05) is 46.5 Å². The number of hydrogen-bond acceptors (Lipinski definition) is 8. The van der Waals surface area contributed by atoms with E-state index in [-0.39, 0.29) is 0 Å². The number of aliphatic hydroxyl groups excluding tert-OH is 1. The van der Waals surface area contributed by atoms with E-state index in [0.717, 1.165) is 49.1 Å². The van der Waals surface area contributed by atoms with Crippen molar-refractivity contribution in [1.82, 2.24) is 4.98 Å². The molecule has 1 aromatic heterocycles. The second kappa shape index (κ2) is 16.8. The Hall–Kier alpha value is -0.840. The predicted molar refractivity (Wildman–Crippen MR) is 147 cm³/mol. The van der Waals surface area contributed by atoms with E-state index >= 15 is 0 Å². The zero-order valence-corrected chi connectivity index (χ0v) is 24.2. The first-order valence-corrected chi connectivity index (χ1v) is 15.2. The summed E-state index contributed by atoms with van der Waals surface area (Å²) in [6.07, 6.45) is 6.07. The Morgan fingerprint density at radius 2 is 1.69 bits per heavy atom. The van der Waals surface area contributed by atoms with Gasteiger partial charge in [-0.15, -0.1) is 23.5 Å². The lowest BCUT2D eigenvalue weighted by atomic mass is 9.86. The van der Waals surface area contributed by atoms with Crippen molar-refractivity contribution in [1.29, 1.82) is 0 Å². The summed E-state index contributed by atoms with van der Waals surface area (Å²) in [5.41, 5.74) is 0.171. The Kier molecular flexibility index (Phi) is 15.5. The number of carbonyl (C=O) groups is 1. The molecule has 0 radical (unpaired) electrons. The van der Waals surface area contributed by atoms with E-state index in [1.807, 2.05) is 32.4 Å². The predicted octanol–water partition coefficient (Wildman–Crippen LogP) is 5.45. The molecule has 0 fully saturated rings. The van der Waals surface area contributed by atoms with Crippen LogP contribution in [0.3, 0.4) is 0 Å². The van der Waals surface area contributed by atoms with E-state index in [4.69, 9.17) is 9.47 Å². The fourth-order valence-corrected chi connectivity index (χ4v) is 5.06. The molecule has 0 spiro atoms. The molecule has 1 rings (SSSR count). The third-order valence-corrected chi connectivity index (χ3v) is 7.31. The summed E-state index contributed by atoms with van der Waals surface area (Å²) in [7, 11) is 0. The first-order valence-electron chi connectivity index (χ1n) is 12.7. The highest BCUT2D eigenvalue weighted by molar-refractivity contribution is 7.99. The van der Waals surface area contributed by atoms with Crippen LogP contribution in [0.1, 0.15) is 78.3 Å². The molecular weight excluding hydrogens is 484 g/mol. The molecular formula is C26H46N2O5S2. The number of aryl methyl sites for hydroxylation is 1. The van der Waals surface area contributed by atoms with E-state index in [9.17, 15) is 15.0 Å². The van der Waals surface area contributed by atoms with Crippen LogP contribution >= 0.6 is 23.5 Å². The quantitative estimate of drug-likeness (QED) is 0.170. The van der Waals surface area contributed by atoms with Gasteiger partial charge in [-0.3, -0.25) is 4.79 Å². The second-order valence-corrected chi connectivity index (χ2v) is 10.7. The molecule has 1 amide bonds. The minimum Gasteiger partial charge on any atom is -0.387 e. The summed E-state index contributed by atoms with van der Waals surface area (Å²) in [4.78, 5) is 18.8. The third kappa shape index (κ3) is 10.2. The largest absolute Gasteiger partial charge is 0.387 e. The summed E-state index contributed by atoms with van der Waals surface area (Å²) < 4.78 is 12.2. The van der Waals surface area contributed by atoms with Crippen LogP contribution in [0.4, 0.5) is 5.69 Å². The molecule has 1 heterocycles. The van der Waals surface area contributed by atoms with Gasteiger partial charge in [-0.25, -0.2) is 4.98 Å². The number of nitrogens with zero attached hydrogens (tertiary/aromatic N) is 1. The Labute approximate surface area is 220 Å². The molecule has 35 heavy (non-hydrogen) atoms. The molecule has 0 aliphatic carbocycles. The summed E-state index contributed by atoms with van der Waals surface area (Å²) >= 11 is 2.94. The van der Waals surface area contributed by atoms with E-state index in [1.165, 1.54) is 23.5 Å². The number of amides is 1. The number of thioether (sulfide) groups is 2. The van der Waals surface area contributed by atoms with Gasteiger partial charge < -0.3 is 25.0 Å². The highest BCUT2D eigenvalue weighted by Crippen LogP contribution is 2.34. The average molecular weight is 531 g/mol. The summed E-state index contributed by atoms with van der Waals surface area (Å²) in [6.45, 7) is 10.6. The zero-order chi connectivity index (χ0) is 26.4. The standard InChI is InChI=1S/C26H46N2O5S2/c1-8-11-14-26(5,31)23(33-16-13-10-3)22(32-15-12-9-2)21(29)24(30)28-20-19(34-6)17-18(4)27-25(20)35-7/h17,21-23,29,31H,8-16H2,1-7H3,(H,28,30)/t21-,22+,23-,26+/m0/s1. The molecule has 3 N–H and O–H groups in total. The SMILES string of the molecule is CCCCO[C@H]([C@H](O)C(=O)Nc1c(SC)cc(C)nc1SC)[C@H](OCCCC)[C@](C)(O)CCCC. The number of pyridine rings is 1. The fraction of sp³-hybridized carbons (Fsp3) is 0.769. The summed E-state index contributed by atoms with van der Waals surface area (Å²) in [5, 5.41) is 26.2. The molecule has 0 unspecified atom stereocenters. The highest BCUT2D eigenvalue weighted by Gasteiger charge is 2.44. The molecule has 0 saturated carbocycles. The maximum Gasteiger partial charge on any atom is 0.256 e. The lowest BCUT2D eigenvalue weighted by Crippen LogP contribution is -2.56. The van der Waals surface area contributed by atoms with Crippen LogP contribution in [-0.2, 0) is 14.3 Å². The van der Waals surface area contributed by atoms with Gasteiger partial charge in [-0.05, 0) is 51.7 Å². The molecule has 0 bridgehead atoms. The molecule has 0 saturated heterocycles. The fourth-order valence-electron chi connectivity index (χ4n) is 3.75. The topological polar surface area (TPSA) is 101 Å². The van der Waals surface area contributed by atoms with Gasteiger partial charge in [-0.2, -0.15) is 0 Å². The van der Waals surface area contributed by atoms with E-state index in [1.54, 1.807) is 6.92 Å². The highest BCUT2D eigenvalue weighted by atomic mass is 32.2. The smallest absolute Gasteiger partial charge is 0.256 e. The Balaban J connectivity index is 3.30. The van der Waals surface area contributed by atoms with Gasteiger partial charge in [0.2, 0.25) is 0 Å². The van der Waals surface area contributed by atoms with E-state index < -0.39 is 29.8 Å². The van der Waals surface area contributed by atoms with Crippen molar-refractivity contribution >= 4 is 35.1 Å². The van der Waals surface area contributed by atoms with Crippen LogP contribution in [0, 0.1) is 6.92 Å². The van der Waals surface area contributed by atoms with Crippen LogP contribution in [0.25, 0.3) is 0 Å². The van der Waals surface area contributed by atoms with Crippen LogP contribution < -0.4 is 5.32 Å².